The zero-order valence-corrected chi connectivity index (χ0v) is 28.1. The van der Waals surface area contributed by atoms with Gasteiger partial charge < -0.3 is 10.1 Å². The van der Waals surface area contributed by atoms with Gasteiger partial charge in [0.05, 0.1) is 22.4 Å². The number of halogens is 1. The maximum Gasteiger partial charge on any atom is 0.307 e. The number of nitrogens with one attached hydrogen (secondary N) is 2. The molecule has 0 aliphatic carbocycles. The number of rotatable bonds is 20. The number of unbranched alkanes of at least 4 members (excludes halogenated alkanes) is 9. The Kier molecular flexibility index (Phi) is 13.7. The monoisotopic (exact) mass is 649 g/mol. The van der Waals surface area contributed by atoms with E-state index in [1.807, 2.05) is 20.8 Å². The number of esters is 1. The maximum atomic E-state index is 13.4. The smallest absolute Gasteiger partial charge is 0.307 e. The number of aryl methyl sites for hydroxylation is 1. The SMILES string of the molecule is CCCCCCCCCCCCC(C(=O)NCCC(=O)OCC(C)(C)c1nnc2c(Cl)c(C)[nH]n12)S(=O)(=O)c1ccccc1. The quantitative estimate of drug-likeness (QED) is 0.105. The molecule has 2 heterocycles. The van der Waals surface area contributed by atoms with Gasteiger partial charge in [-0.05, 0) is 39.3 Å². The second-order valence-corrected chi connectivity index (χ2v) is 14.6. The van der Waals surface area contributed by atoms with E-state index >= 15 is 0 Å². The van der Waals surface area contributed by atoms with Crippen LogP contribution in [0.25, 0.3) is 5.65 Å². The van der Waals surface area contributed by atoms with Crippen LogP contribution in [0.3, 0.4) is 0 Å². The lowest BCUT2D eigenvalue weighted by atomic mass is 9.94. The molecule has 0 radical (unpaired) electrons. The molecular formula is C32H48ClN5O5S. The number of hydrogen-bond donors (Lipinski definition) is 2. The van der Waals surface area contributed by atoms with Crippen LogP contribution < -0.4 is 5.32 Å². The Balaban J connectivity index is 1.49. The van der Waals surface area contributed by atoms with E-state index in [1.165, 1.54) is 50.7 Å². The fourth-order valence-electron chi connectivity index (χ4n) is 5.17. The second kappa shape index (κ2) is 17.0. The molecule has 244 valence electrons. The minimum absolute atomic E-state index is 0.0278. The van der Waals surface area contributed by atoms with E-state index in [9.17, 15) is 18.0 Å². The number of H-pyrrole nitrogens is 1. The second-order valence-electron chi connectivity index (χ2n) is 12.1. The Morgan fingerprint density at radius 2 is 1.61 bits per heavy atom. The van der Waals surface area contributed by atoms with Gasteiger partial charge in [-0.25, -0.2) is 12.9 Å². The molecular weight excluding hydrogens is 602 g/mol. The Morgan fingerprint density at radius 3 is 2.25 bits per heavy atom. The molecule has 1 atom stereocenters. The number of aromatic nitrogens is 4. The molecule has 44 heavy (non-hydrogen) atoms. The molecule has 0 fully saturated rings. The summed E-state index contributed by atoms with van der Waals surface area (Å²) >= 11 is 6.26. The van der Waals surface area contributed by atoms with Gasteiger partial charge in [-0.15, -0.1) is 10.2 Å². The van der Waals surface area contributed by atoms with Crippen LogP contribution in [0.1, 0.15) is 109 Å². The highest BCUT2D eigenvalue weighted by Crippen LogP contribution is 2.27. The number of nitrogens with zero attached hydrogens (tertiary/aromatic N) is 3. The van der Waals surface area contributed by atoms with E-state index in [0.29, 0.717) is 22.9 Å². The third-order valence-corrected chi connectivity index (χ3v) is 10.4. The highest BCUT2D eigenvalue weighted by atomic mass is 35.5. The Morgan fingerprint density at radius 1 is 1.00 bits per heavy atom. The molecule has 10 nitrogen and oxygen atoms in total. The van der Waals surface area contributed by atoms with E-state index in [0.717, 1.165) is 25.0 Å². The first kappa shape index (κ1) is 35.6. The topological polar surface area (TPSA) is 136 Å². The van der Waals surface area contributed by atoms with Crippen LogP contribution in [0.5, 0.6) is 0 Å². The summed E-state index contributed by atoms with van der Waals surface area (Å²) in [7, 11) is -3.89. The van der Waals surface area contributed by atoms with Crippen molar-refractivity contribution in [1.82, 2.24) is 25.1 Å². The summed E-state index contributed by atoms with van der Waals surface area (Å²) in [5.74, 6) is -0.552. The van der Waals surface area contributed by atoms with Gasteiger partial charge in [-0.2, -0.15) is 0 Å². The number of ether oxygens (including phenoxy) is 1. The van der Waals surface area contributed by atoms with Gasteiger partial charge in [0, 0.05) is 6.54 Å². The van der Waals surface area contributed by atoms with E-state index in [1.54, 1.807) is 22.7 Å². The minimum atomic E-state index is -3.89. The van der Waals surface area contributed by atoms with Crippen LogP contribution in [-0.4, -0.2) is 58.5 Å². The fourth-order valence-corrected chi connectivity index (χ4v) is 7.04. The summed E-state index contributed by atoms with van der Waals surface area (Å²) in [5, 5.41) is 13.4. The minimum Gasteiger partial charge on any atom is -0.465 e. The zero-order chi connectivity index (χ0) is 32.2. The number of amides is 1. The standard InChI is InChI=1S/C32H48ClN5O5S/c1-5-6-7-8-9-10-11-12-13-17-20-26(44(41,42)25-18-15-14-16-19-25)30(40)34-22-21-27(39)43-23-32(3,4)31-36-35-29-28(33)24(2)37-38(29)31/h14-16,18-19,26,37H,5-13,17,20-23H2,1-4H3,(H,34,40). The third-order valence-electron chi connectivity index (χ3n) is 7.85. The summed E-state index contributed by atoms with van der Waals surface area (Å²) in [5.41, 5.74) is 0.573. The van der Waals surface area contributed by atoms with Crippen LogP contribution in [-0.2, 0) is 29.6 Å². The lowest BCUT2D eigenvalue weighted by Gasteiger charge is -2.22. The molecule has 1 amide bonds. The summed E-state index contributed by atoms with van der Waals surface area (Å²) in [6, 6.07) is 8.06. The number of benzene rings is 1. The third kappa shape index (κ3) is 9.79. The van der Waals surface area contributed by atoms with Gasteiger partial charge in [-0.3, -0.25) is 14.7 Å². The van der Waals surface area contributed by atoms with Crippen molar-refractivity contribution in [2.45, 2.75) is 120 Å². The van der Waals surface area contributed by atoms with Gasteiger partial charge in [0.2, 0.25) is 5.91 Å². The zero-order valence-electron chi connectivity index (χ0n) is 26.5. The van der Waals surface area contributed by atoms with Crippen LogP contribution in [0.15, 0.2) is 35.2 Å². The molecule has 0 saturated carbocycles. The fraction of sp³-hybridized carbons (Fsp3) is 0.625. The molecule has 0 spiro atoms. The van der Waals surface area contributed by atoms with Gasteiger partial charge >= 0.3 is 5.97 Å². The van der Waals surface area contributed by atoms with Crippen molar-refractivity contribution in [3.63, 3.8) is 0 Å². The highest BCUT2D eigenvalue weighted by Gasteiger charge is 2.34. The Hall–Kier alpha value is -2.92. The van der Waals surface area contributed by atoms with Crippen molar-refractivity contribution < 1.29 is 22.7 Å². The first-order valence-corrected chi connectivity index (χ1v) is 17.7. The molecule has 3 rings (SSSR count). The molecule has 3 aromatic rings. The van der Waals surface area contributed by atoms with E-state index in [4.69, 9.17) is 16.3 Å². The van der Waals surface area contributed by atoms with Crippen molar-refractivity contribution in [3.05, 3.63) is 46.9 Å². The van der Waals surface area contributed by atoms with Crippen molar-refractivity contribution in [2.24, 2.45) is 0 Å². The summed E-state index contributed by atoms with van der Waals surface area (Å²) < 4.78 is 34.0. The van der Waals surface area contributed by atoms with Crippen molar-refractivity contribution in [2.75, 3.05) is 13.2 Å². The molecule has 0 aliphatic rings. The van der Waals surface area contributed by atoms with Crippen LogP contribution in [0.4, 0.5) is 0 Å². The first-order chi connectivity index (χ1) is 21.0. The predicted molar refractivity (Wildman–Crippen MR) is 173 cm³/mol. The summed E-state index contributed by atoms with van der Waals surface area (Å²) in [6.07, 6.45) is 11.3. The molecule has 0 bridgehead atoms. The predicted octanol–water partition coefficient (Wildman–Crippen LogP) is 6.50. The van der Waals surface area contributed by atoms with Crippen LogP contribution in [0, 0.1) is 6.92 Å². The summed E-state index contributed by atoms with van der Waals surface area (Å²) in [6.45, 7) is 7.78. The van der Waals surface area contributed by atoms with E-state index in [2.05, 4.69) is 27.5 Å². The maximum absolute atomic E-state index is 13.4. The van der Waals surface area contributed by atoms with Crippen LogP contribution in [0.2, 0.25) is 5.02 Å². The van der Waals surface area contributed by atoms with E-state index in [-0.39, 0.29) is 30.9 Å². The Labute approximate surface area is 266 Å². The van der Waals surface area contributed by atoms with Gasteiger partial charge in [0.25, 0.3) is 0 Å². The number of fused-ring (bicyclic) bond motifs is 1. The molecule has 1 unspecified atom stereocenters. The van der Waals surface area contributed by atoms with Crippen molar-refractivity contribution in [1.29, 1.82) is 0 Å². The number of sulfone groups is 1. The average molecular weight is 650 g/mol. The highest BCUT2D eigenvalue weighted by molar-refractivity contribution is 7.92. The molecule has 1 aromatic carbocycles. The molecule has 2 aromatic heterocycles. The number of carbonyl (C=O) groups is 2. The summed E-state index contributed by atoms with van der Waals surface area (Å²) in [4.78, 5) is 25.9. The molecule has 2 N–H and O–H groups in total. The molecule has 0 saturated heterocycles. The first-order valence-electron chi connectivity index (χ1n) is 15.8. The van der Waals surface area contributed by atoms with E-state index < -0.39 is 32.4 Å². The Bertz CT molecular complexity index is 1450. The molecule has 0 aliphatic heterocycles. The van der Waals surface area contributed by atoms with Gasteiger partial charge in [-0.1, -0.05) is 101 Å². The normalized spacial score (nSPS) is 12.8. The van der Waals surface area contributed by atoms with Crippen LogP contribution >= 0.6 is 11.6 Å². The van der Waals surface area contributed by atoms with Crippen molar-refractivity contribution in [3.8, 4) is 0 Å². The number of hydrogen-bond acceptors (Lipinski definition) is 7. The number of aromatic amines is 1. The number of carbonyl (C=O) groups excluding carboxylic acids is 2. The van der Waals surface area contributed by atoms with Gasteiger partial charge in [0.1, 0.15) is 16.9 Å². The lowest BCUT2D eigenvalue weighted by Crippen LogP contribution is -2.41. The largest absolute Gasteiger partial charge is 0.465 e. The van der Waals surface area contributed by atoms with Gasteiger partial charge in [0.15, 0.2) is 21.3 Å². The lowest BCUT2D eigenvalue weighted by molar-refractivity contribution is -0.145. The average Bonchev–Trinajstić information content (AvgIpc) is 3.54. The van der Waals surface area contributed by atoms with Crippen molar-refractivity contribution >= 4 is 39.0 Å². The molecule has 12 heteroatoms.